The molecule has 2 rings (SSSR count). The van der Waals surface area contributed by atoms with Gasteiger partial charge in [-0.15, -0.1) is 0 Å². The van der Waals surface area contributed by atoms with Gasteiger partial charge in [0.1, 0.15) is 0 Å². The third-order valence-electron chi connectivity index (χ3n) is 3.59. The summed E-state index contributed by atoms with van der Waals surface area (Å²) in [6.07, 6.45) is 2.40. The Bertz CT molecular complexity index is 506. The maximum Gasteiger partial charge on any atom is 0.253 e. The van der Waals surface area contributed by atoms with Gasteiger partial charge < -0.3 is 15.0 Å². The molecule has 6 heteroatoms. The molecule has 6 nitrogen and oxygen atoms in total. The molecule has 1 aliphatic heterocycles. The molecule has 1 saturated heterocycles. The van der Waals surface area contributed by atoms with Gasteiger partial charge >= 0.3 is 0 Å². The first-order valence-corrected chi connectivity index (χ1v) is 7.09. The third kappa shape index (κ3) is 4.01. The lowest BCUT2D eigenvalue weighted by molar-refractivity contribution is -0.161. The van der Waals surface area contributed by atoms with Crippen LogP contribution in [0, 0.1) is 0 Å². The SMILES string of the molecule is CC(=O)N1CCO[C@](C)(C(=O)NCCc2ccccn2)C1. The van der Waals surface area contributed by atoms with E-state index in [1.54, 1.807) is 18.0 Å². The fraction of sp³-hybridized carbons (Fsp3) is 0.533. The fourth-order valence-corrected chi connectivity index (χ4v) is 2.31. The van der Waals surface area contributed by atoms with Crippen LogP contribution in [0.1, 0.15) is 19.5 Å². The van der Waals surface area contributed by atoms with Crippen LogP contribution in [0.5, 0.6) is 0 Å². The van der Waals surface area contributed by atoms with E-state index in [1.807, 2.05) is 18.2 Å². The zero-order valence-electron chi connectivity index (χ0n) is 12.5. The Morgan fingerprint density at radius 1 is 1.48 bits per heavy atom. The van der Waals surface area contributed by atoms with Crippen molar-refractivity contribution in [2.24, 2.45) is 0 Å². The third-order valence-corrected chi connectivity index (χ3v) is 3.59. The minimum atomic E-state index is -0.978. The monoisotopic (exact) mass is 291 g/mol. The van der Waals surface area contributed by atoms with Gasteiger partial charge in [-0.3, -0.25) is 14.6 Å². The Labute approximate surface area is 124 Å². The first kappa shape index (κ1) is 15.4. The van der Waals surface area contributed by atoms with Crippen LogP contribution in [-0.2, 0) is 20.7 Å². The maximum absolute atomic E-state index is 12.3. The Kier molecular flexibility index (Phi) is 4.90. The molecule has 1 aliphatic rings. The summed E-state index contributed by atoms with van der Waals surface area (Å²) in [7, 11) is 0. The van der Waals surface area contributed by atoms with Crippen LogP contribution in [0.4, 0.5) is 0 Å². The highest BCUT2D eigenvalue weighted by Crippen LogP contribution is 2.18. The molecule has 0 aromatic carbocycles. The number of hydrogen-bond acceptors (Lipinski definition) is 4. The van der Waals surface area contributed by atoms with Crippen LogP contribution < -0.4 is 5.32 Å². The van der Waals surface area contributed by atoms with E-state index in [4.69, 9.17) is 4.74 Å². The molecule has 2 amide bonds. The molecule has 0 unspecified atom stereocenters. The van der Waals surface area contributed by atoms with Crippen LogP contribution >= 0.6 is 0 Å². The van der Waals surface area contributed by atoms with Crippen molar-refractivity contribution in [3.63, 3.8) is 0 Å². The second-order valence-electron chi connectivity index (χ2n) is 5.35. The van der Waals surface area contributed by atoms with Crippen LogP contribution in [0.25, 0.3) is 0 Å². The molecule has 0 bridgehead atoms. The summed E-state index contributed by atoms with van der Waals surface area (Å²) >= 11 is 0. The lowest BCUT2D eigenvalue weighted by Gasteiger charge is -2.38. The predicted molar refractivity (Wildman–Crippen MR) is 77.6 cm³/mol. The van der Waals surface area contributed by atoms with Crippen LogP contribution in [0.2, 0.25) is 0 Å². The first-order valence-electron chi connectivity index (χ1n) is 7.09. The highest BCUT2D eigenvalue weighted by atomic mass is 16.5. The summed E-state index contributed by atoms with van der Waals surface area (Å²) in [6.45, 7) is 4.92. The first-order chi connectivity index (χ1) is 10.0. The van der Waals surface area contributed by atoms with Crippen LogP contribution in [0.15, 0.2) is 24.4 Å². The molecular formula is C15H21N3O3. The van der Waals surface area contributed by atoms with Crippen molar-refractivity contribution in [1.82, 2.24) is 15.2 Å². The predicted octanol–water partition coefficient (Wildman–Crippen LogP) is 0.378. The summed E-state index contributed by atoms with van der Waals surface area (Å²) in [4.78, 5) is 29.6. The Balaban J connectivity index is 1.85. The van der Waals surface area contributed by atoms with Crippen LogP contribution in [-0.4, -0.2) is 53.5 Å². The van der Waals surface area contributed by atoms with Crippen molar-refractivity contribution in [2.75, 3.05) is 26.2 Å². The van der Waals surface area contributed by atoms with Gasteiger partial charge in [-0.1, -0.05) is 6.07 Å². The van der Waals surface area contributed by atoms with E-state index in [9.17, 15) is 9.59 Å². The van der Waals surface area contributed by atoms with Gasteiger partial charge in [-0.2, -0.15) is 0 Å². The molecule has 21 heavy (non-hydrogen) atoms. The average molecular weight is 291 g/mol. The summed E-state index contributed by atoms with van der Waals surface area (Å²) in [5.74, 6) is -0.227. The number of rotatable bonds is 4. The van der Waals surface area contributed by atoms with E-state index in [2.05, 4.69) is 10.3 Å². The molecule has 0 spiro atoms. The van der Waals surface area contributed by atoms with Gasteiger partial charge in [0, 0.05) is 38.3 Å². The molecule has 1 N–H and O–H groups in total. The number of aromatic nitrogens is 1. The second-order valence-corrected chi connectivity index (χ2v) is 5.35. The van der Waals surface area contributed by atoms with E-state index in [-0.39, 0.29) is 18.4 Å². The number of nitrogens with one attached hydrogen (secondary N) is 1. The average Bonchev–Trinajstić information content (AvgIpc) is 2.48. The van der Waals surface area contributed by atoms with Gasteiger partial charge in [0.15, 0.2) is 5.60 Å². The standard InChI is InChI=1S/C15H21N3O3/c1-12(19)18-9-10-21-15(2,11-18)14(20)17-8-6-13-5-3-4-7-16-13/h3-5,7H,6,8-11H2,1-2H3,(H,17,20)/t15-/m0/s1. The van der Waals surface area contributed by atoms with Gasteiger partial charge in [0.05, 0.1) is 13.2 Å². The summed E-state index contributed by atoms with van der Waals surface area (Å²) < 4.78 is 5.59. The van der Waals surface area contributed by atoms with E-state index in [0.717, 1.165) is 5.69 Å². The largest absolute Gasteiger partial charge is 0.362 e. The summed E-state index contributed by atoms with van der Waals surface area (Å²) in [5, 5.41) is 2.86. The molecule has 1 atom stereocenters. The van der Waals surface area contributed by atoms with Crippen molar-refractivity contribution in [3.8, 4) is 0 Å². The molecular weight excluding hydrogens is 270 g/mol. The van der Waals surface area contributed by atoms with Crippen molar-refractivity contribution >= 4 is 11.8 Å². The fourth-order valence-electron chi connectivity index (χ4n) is 2.31. The number of hydrogen-bond donors (Lipinski definition) is 1. The highest BCUT2D eigenvalue weighted by molar-refractivity contribution is 5.86. The quantitative estimate of drug-likeness (QED) is 0.870. The van der Waals surface area contributed by atoms with Crippen molar-refractivity contribution in [3.05, 3.63) is 30.1 Å². The Morgan fingerprint density at radius 2 is 2.29 bits per heavy atom. The summed E-state index contributed by atoms with van der Waals surface area (Å²) in [5.41, 5.74) is -0.0495. The molecule has 1 aromatic rings. The Morgan fingerprint density at radius 3 is 2.95 bits per heavy atom. The molecule has 0 saturated carbocycles. The normalized spacial score (nSPS) is 21.9. The molecule has 0 radical (unpaired) electrons. The molecule has 114 valence electrons. The van der Waals surface area contributed by atoms with Crippen LogP contribution in [0.3, 0.4) is 0 Å². The van der Waals surface area contributed by atoms with Gasteiger partial charge in [0.2, 0.25) is 5.91 Å². The van der Waals surface area contributed by atoms with Crippen molar-refractivity contribution < 1.29 is 14.3 Å². The molecule has 1 fully saturated rings. The molecule has 0 aliphatic carbocycles. The van der Waals surface area contributed by atoms with E-state index in [0.29, 0.717) is 26.1 Å². The smallest absolute Gasteiger partial charge is 0.253 e. The van der Waals surface area contributed by atoms with Crippen molar-refractivity contribution in [2.45, 2.75) is 25.9 Å². The van der Waals surface area contributed by atoms with Crippen molar-refractivity contribution in [1.29, 1.82) is 0 Å². The summed E-state index contributed by atoms with van der Waals surface area (Å²) in [6, 6.07) is 5.69. The number of ether oxygens (including phenoxy) is 1. The number of carbonyl (C=O) groups is 2. The number of carbonyl (C=O) groups excluding carboxylic acids is 2. The minimum absolute atomic E-state index is 0.0363. The maximum atomic E-state index is 12.3. The zero-order chi connectivity index (χ0) is 15.3. The van der Waals surface area contributed by atoms with Gasteiger partial charge in [-0.25, -0.2) is 0 Å². The van der Waals surface area contributed by atoms with E-state index >= 15 is 0 Å². The number of amides is 2. The zero-order valence-corrected chi connectivity index (χ0v) is 12.5. The Hall–Kier alpha value is -1.95. The second kappa shape index (κ2) is 6.67. The van der Waals surface area contributed by atoms with E-state index in [1.165, 1.54) is 6.92 Å². The highest BCUT2D eigenvalue weighted by Gasteiger charge is 2.39. The van der Waals surface area contributed by atoms with Gasteiger partial charge in [0.25, 0.3) is 5.91 Å². The number of morpholine rings is 1. The number of pyridine rings is 1. The van der Waals surface area contributed by atoms with E-state index < -0.39 is 5.60 Å². The lowest BCUT2D eigenvalue weighted by atomic mass is 10.0. The molecule has 1 aromatic heterocycles. The number of nitrogens with zero attached hydrogens (tertiary/aromatic N) is 2. The molecule has 2 heterocycles. The van der Waals surface area contributed by atoms with Gasteiger partial charge in [-0.05, 0) is 19.1 Å². The topological polar surface area (TPSA) is 71.5 Å². The lowest BCUT2D eigenvalue weighted by Crippen LogP contribution is -2.59. The minimum Gasteiger partial charge on any atom is -0.362 e.